The Bertz CT molecular complexity index is 3670. The first-order chi connectivity index (χ1) is 31.6. The van der Waals surface area contributed by atoms with Gasteiger partial charge in [0.25, 0.3) is 0 Å². The molecule has 12 rings (SSSR count). The first-order valence-electron chi connectivity index (χ1n) is 22.2. The molecule has 11 aromatic carbocycles. The van der Waals surface area contributed by atoms with Crippen molar-refractivity contribution in [1.82, 2.24) is 4.57 Å². The van der Waals surface area contributed by atoms with Gasteiger partial charge in [-0.3, -0.25) is 0 Å². The van der Waals surface area contributed by atoms with Gasteiger partial charge in [-0.25, -0.2) is 0 Å². The van der Waals surface area contributed by atoms with E-state index in [-0.39, 0.29) is 0 Å². The van der Waals surface area contributed by atoms with Gasteiger partial charge >= 0.3 is 0 Å². The van der Waals surface area contributed by atoms with E-state index in [1.54, 1.807) is 0 Å². The second-order valence-corrected chi connectivity index (χ2v) is 17.0. The molecule has 0 aliphatic rings. The van der Waals surface area contributed by atoms with Crippen LogP contribution in [0.2, 0.25) is 0 Å². The zero-order chi connectivity index (χ0) is 42.7. The third-order valence-corrected chi connectivity index (χ3v) is 13.2. The van der Waals surface area contributed by atoms with Crippen LogP contribution in [0.3, 0.4) is 0 Å². The van der Waals surface area contributed by atoms with Crippen molar-refractivity contribution >= 4 is 71.2 Å². The largest absolute Gasteiger partial charge is 0.310 e. The number of benzene rings is 11. The molecule has 0 unspecified atom stereocenters. The van der Waals surface area contributed by atoms with Crippen LogP contribution in [-0.4, -0.2) is 4.57 Å². The van der Waals surface area contributed by atoms with Gasteiger partial charge in [0.2, 0.25) is 0 Å². The lowest BCUT2D eigenvalue weighted by molar-refractivity contribution is 1.18. The first kappa shape index (κ1) is 37.6. The Hall–Kier alpha value is -8.20. The van der Waals surface area contributed by atoms with Gasteiger partial charge in [0, 0.05) is 33.5 Å². The maximum Gasteiger partial charge on any atom is 0.0542 e. The molecule has 0 N–H and O–H groups in total. The summed E-state index contributed by atoms with van der Waals surface area (Å²) in [4.78, 5) is 2.46. The van der Waals surface area contributed by atoms with Crippen molar-refractivity contribution in [2.24, 2.45) is 0 Å². The van der Waals surface area contributed by atoms with Crippen LogP contribution in [0.5, 0.6) is 0 Å². The first-order valence-corrected chi connectivity index (χ1v) is 22.2. The number of anilines is 3. The van der Waals surface area contributed by atoms with Crippen molar-refractivity contribution in [1.29, 1.82) is 0 Å². The van der Waals surface area contributed by atoms with Gasteiger partial charge in [-0.05, 0) is 157 Å². The number of aryl methyl sites for hydroxylation is 2. The van der Waals surface area contributed by atoms with Gasteiger partial charge in [-0.1, -0.05) is 164 Å². The van der Waals surface area contributed by atoms with E-state index < -0.39 is 0 Å². The molecule has 0 saturated carbocycles. The SMILES string of the molecule is Cc1cc(N(c2ccc(-c3ccc4ccccc4c3)cc2)c2ccc3c(c2)c2ccccc2n3-c2ccccc2)c(C)cc1-c1c2ccccc2c(-c2ccccc2)c2ccccc12. The fourth-order valence-electron chi connectivity index (χ4n) is 10.2. The van der Waals surface area contributed by atoms with Crippen molar-refractivity contribution in [3.63, 3.8) is 0 Å². The Kier molecular flexibility index (Phi) is 8.98. The summed E-state index contributed by atoms with van der Waals surface area (Å²) in [6.07, 6.45) is 0. The summed E-state index contributed by atoms with van der Waals surface area (Å²) in [6, 6.07) is 84.5. The number of nitrogens with zero attached hydrogens (tertiary/aromatic N) is 2. The lowest BCUT2D eigenvalue weighted by atomic mass is 9.84. The molecule has 0 saturated heterocycles. The minimum Gasteiger partial charge on any atom is -0.310 e. The van der Waals surface area contributed by atoms with Crippen molar-refractivity contribution in [3.05, 3.63) is 242 Å². The maximum atomic E-state index is 2.46. The Morgan fingerprint density at radius 3 is 1.58 bits per heavy atom. The summed E-state index contributed by atoms with van der Waals surface area (Å²) in [5, 5.41) is 10.00. The second kappa shape index (κ2) is 15.3. The van der Waals surface area contributed by atoms with Crippen LogP contribution in [0.25, 0.3) is 93.2 Å². The summed E-state index contributed by atoms with van der Waals surface area (Å²) in [7, 11) is 0. The summed E-state index contributed by atoms with van der Waals surface area (Å²) in [5.41, 5.74) is 16.8. The fourth-order valence-corrected chi connectivity index (χ4v) is 10.2. The van der Waals surface area contributed by atoms with Crippen molar-refractivity contribution < 1.29 is 0 Å². The molecular weight excluding hydrogens is 773 g/mol. The topological polar surface area (TPSA) is 8.17 Å². The molecule has 0 fully saturated rings. The highest BCUT2D eigenvalue weighted by Gasteiger charge is 2.22. The third kappa shape index (κ3) is 6.18. The zero-order valence-corrected chi connectivity index (χ0v) is 35.8. The van der Waals surface area contributed by atoms with E-state index in [0.717, 1.165) is 22.7 Å². The maximum absolute atomic E-state index is 2.46. The van der Waals surface area contributed by atoms with E-state index in [2.05, 4.69) is 254 Å². The van der Waals surface area contributed by atoms with Crippen molar-refractivity contribution in [2.75, 3.05) is 4.90 Å². The van der Waals surface area contributed by atoms with Crippen LogP contribution < -0.4 is 4.90 Å². The second-order valence-electron chi connectivity index (χ2n) is 17.0. The van der Waals surface area contributed by atoms with Gasteiger partial charge in [-0.2, -0.15) is 0 Å². The molecule has 0 amide bonds. The molecule has 0 bridgehead atoms. The average molecular weight is 817 g/mol. The van der Waals surface area contributed by atoms with Crippen LogP contribution in [0.4, 0.5) is 17.1 Å². The van der Waals surface area contributed by atoms with Crippen LogP contribution in [0.15, 0.2) is 231 Å². The summed E-state index contributed by atoms with van der Waals surface area (Å²) in [6.45, 7) is 4.56. The molecule has 0 atom stereocenters. The summed E-state index contributed by atoms with van der Waals surface area (Å²) in [5.74, 6) is 0. The molecule has 0 radical (unpaired) electrons. The molecule has 2 nitrogen and oxygen atoms in total. The highest BCUT2D eigenvalue weighted by Crippen LogP contribution is 2.47. The standard InChI is InChI=1S/C62H44N2/c1-41-38-60(42(2)37-56(41)62-54-26-13-11-24-52(54)61(45-18-5-3-6-19-45)53-25-12-14-27-55(53)62)63(49-33-31-44(32-34-49)47-30-29-43-17-9-10-20-46(43)39-47)50-35-36-59-57(40-50)51-23-15-16-28-58(51)64(59)48-21-7-4-8-22-48/h3-40H,1-2H3. The Morgan fingerprint density at radius 1 is 0.328 bits per heavy atom. The minimum atomic E-state index is 1.11. The van der Waals surface area contributed by atoms with Gasteiger partial charge < -0.3 is 9.47 Å². The van der Waals surface area contributed by atoms with Crippen LogP contribution in [-0.2, 0) is 0 Å². The number of rotatable bonds is 7. The fraction of sp³-hybridized carbons (Fsp3) is 0.0323. The number of hydrogen-bond acceptors (Lipinski definition) is 1. The molecule has 0 aliphatic heterocycles. The van der Waals surface area contributed by atoms with E-state index in [9.17, 15) is 0 Å². The van der Waals surface area contributed by atoms with Gasteiger partial charge in [0.05, 0.1) is 11.0 Å². The van der Waals surface area contributed by atoms with E-state index in [0.29, 0.717) is 0 Å². The molecule has 302 valence electrons. The highest BCUT2D eigenvalue weighted by molar-refractivity contribution is 6.21. The van der Waals surface area contributed by atoms with Crippen LogP contribution in [0.1, 0.15) is 11.1 Å². The lowest BCUT2D eigenvalue weighted by Gasteiger charge is -2.29. The summed E-state index contributed by atoms with van der Waals surface area (Å²) < 4.78 is 2.39. The number of aromatic nitrogens is 1. The smallest absolute Gasteiger partial charge is 0.0542 e. The van der Waals surface area contributed by atoms with Gasteiger partial charge in [0.15, 0.2) is 0 Å². The molecule has 1 heterocycles. The van der Waals surface area contributed by atoms with E-state index >= 15 is 0 Å². The predicted octanol–water partition coefficient (Wildman–Crippen LogP) is 17.3. The molecule has 1 aromatic heterocycles. The Balaban J connectivity index is 1.06. The Labute approximate surface area is 373 Å². The number of hydrogen-bond donors (Lipinski definition) is 0. The quantitative estimate of drug-likeness (QED) is 0.146. The van der Waals surface area contributed by atoms with Crippen LogP contribution in [0, 0.1) is 13.8 Å². The predicted molar refractivity (Wildman–Crippen MR) is 274 cm³/mol. The minimum absolute atomic E-state index is 1.11. The summed E-state index contributed by atoms with van der Waals surface area (Å²) >= 11 is 0. The Morgan fingerprint density at radius 2 is 0.875 bits per heavy atom. The molecule has 2 heteroatoms. The highest BCUT2D eigenvalue weighted by atomic mass is 15.1. The monoisotopic (exact) mass is 816 g/mol. The normalized spacial score (nSPS) is 11.6. The van der Waals surface area contributed by atoms with E-state index in [1.165, 1.54) is 98.6 Å². The number of para-hydroxylation sites is 2. The van der Waals surface area contributed by atoms with E-state index in [1.807, 2.05) is 0 Å². The van der Waals surface area contributed by atoms with Crippen molar-refractivity contribution in [2.45, 2.75) is 13.8 Å². The average Bonchev–Trinajstić information content (AvgIpc) is 3.68. The number of fused-ring (bicyclic) bond motifs is 6. The van der Waals surface area contributed by atoms with Gasteiger partial charge in [0.1, 0.15) is 0 Å². The third-order valence-electron chi connectivity index (χ3n) is 13.2. The zero-order valence-electron chi connectivity index (χ0n) is 35.8. The molecular formula is C62H44N2. The molecule has 64 heavy (non-hydrogen) atoms. The van der Waals surface area contributed by atoms with Crippen molar-refractivity contribution in [3.8, 4) is 39.1 Å². The van der Waals surface area contributed by atoms with E-state index in [4.69, 9.17) is 0 Å². The van der Waals surface area contributed by atoms with Gasteiger partial charge in [-0.15, -0.1) is 0 Å². The molecule has 12 aromatic rings. The molecule has 0 spiro atoms. The lowest BCUT2D eigenvalue weighted by Crippen LogP contribution is -2.12. The van der Waals surface area contributed by atoms with Crippen LogP contribution >= 0.6 is 0 Å². The molecule has 0 aliphatic carbocycles.